The molecular formula is C14H17N7O4S. The molecule has 2 amide bonds. The van der Waals surface area contributed by atoms with Crippen molar-refractivity contribution in [2.75, 3.05) is 5.75 Å². The first-order valence-electron chi connectivity index (χ1n) is 7.44. The van der Waals surface area contributed by atoms with Crippen LogP contribution in [0.1, 0.15) is 31.1 Å². The zero-order valence-electron chi connectivity index (χ0n) is 14.3. The van der Waals surface area contributed by atoms with Gasteiger partial charge in [-0.25, -0.2) is 4.68 Å². The molecule has 12 heteroatoms. The number of carbonyl (C=O) groups excluding carboxylic acids is 2. The lowest BCUT2D eigenvalue weighted by molar-refractivity contribution is -0.384. The standard InChI is InChI=1S/C14H17N7O4S/c1-14(2,3)20-13(17-18-19-20)26-8-11(22)15-16-12(23)9-4-6-10(7-5-9)21(24)25/h4-7H,8H2,1-3H3,(H,15,22)(H,16,23). The summed E-state index contributed by atoms with van der Waals surface area (Å²) >= 11 is 1.13. The number of benzene rings is 1. The summed E-state index contributed by atoms with van der Waals surface area (Å²) in [6.45, 7) is 5.79. The molecule has 0 aliphatic carbocycles. The second-order valence-electron chi connectivity index (χ2n) is 6.14. The average molecular weight is 379 g/mol. The van der Waals surface area contributed by atoms with Crippen LogP contribution in [0.5, 0.6) is 0 Å². The number of hydrazine groups is 1. The Hall–Kier alpha value is -3.02. The van der Waals surface area contributed by atoms with E-state index in [9.17, 15) is 19.7 Å². The van der Waals surface area contributed by atoms with E-state index in [0.29, 0.717) is 5.16 Å². The summed E-state index contributed by atoms with van der Waals surface area (Å²) in [7, 11) is 0. The van der Waals surface area contributed by atoms with Crippen molar-refractivity contribution in [2.45, 2.75) is 31.5 Å². The van der Waals surface area contributed by atoms with Crippen molar-refractivity contribution in [2.24, 2.45) is 0 Å². The van der Waals surface area contributed by atoms with E-state index in [1.807, 2.05) is 20.8 Å². The van der Waals surface area contributed by atoms with Crippen molar-refractivity contribution in [3.05, 3.63) is 39.9 Å². The number of amides is 2. The van der Waals surface area contributed by atoms with Gasteiger partial charge in [-0.1, -0.05) is 11.8 Å². The van der Waals surface area contributed by atoms with Gasteiger partial charge in [0.15, 0.2) is 0 Å². The summed E-state index contributed by atoms with van der Waals surface area (Å²) in [4.78, 5) is 33.8. The number of hydrogen-bond acceptors (Lipinski definition) is 8. The Labute approximate surface area is 152 Å². The maximum absolute atomic E-state index is 11.9. The molecule has 1 aromatic carbocycles. The maximum Gasteiger partial charge on any atom is 0.269 e. The van der Waals surface area contributed by atoms with Gasteiger partial charge in [0.25, 0.3) is 11.6 Å². The van der Waals surface area contributed by atoms with Crippen molar-refractivity contribution in [1.82, 2.24) is 31.1 Å². The molecule has 0 unspecified atom stereocenters. The Bertz CT molecular complexity index is 813. The molecule has 0 spiro atoms. The van der Waals surface area contributed by atoms with Crippen molar-refractivity contribution in [1.29, 1.82) is 0 Å². The molecule has 138 valence electrons. The van der Waals surface area contributed by atoms with Gasteiger partial charge in [-0.3, -0.25) is 30.6 Å². The zero-order valence-corrected chi connectivity index (χ0v) is 15.1. The number of non-ortho nitro benzene ring substituents is 1. The molecule has 2 N–H and O–H groups in total. The molecule has 1 aromatic heterocycles. The van der Waals surface area contributed by atoms with E-state index in [0.717, 1.165) is 11.8 Å². The molecule has 1 heterocycles. The van der Waals surface area contributed by atoms with Crippen molar-refractivity contribution in [3.63, 3.8) is 0 Å². The van der Waals surface area contributed by atoms with E-state index in [4.69, 9.17) is 0 Å². The van der Waals surface area contributed by atoms with Gasteiger partial charge in [0, 0.05) is 17.7 Å². The van der Waals surface area contributed by atoms with Crippen molar-refractivity contribution < 1.29 is 14.5 Å². The fourth-order valence-corrected chi connectivity index (χ4v) is 2.65. The molecule has 0 saturated carbocycles. The van der Waals surface area contributed by atoms with Crippen LogP contribution in [0.3, 0.4) is 0 Å². The summed E-state index contributed by atoms with van der Waals surface area (Å²) in [5, 5.41) is 22.4. The van der Waals surface area contributed by atoms with Crippen LogP contribution in [-0.4, -0.2) is 42.7 Å². The van der Waals surface area contributed by atoms with Crippen LogP contribution in [0, 0.1) is 10.1 Å². The van der Waals surface area contributed by atoms with Gasteiger partial charge in [0.2, 0.25) is 11.1 Å². The van der Waals surface area contributed by atoms with E-state index in [1.54, 1.807) is 4.68 Å². The van der Waals surface area contributed by atoms with Crippen LogP contribution in [0.2, 0.25) is 0 Å². The van der Waals surface area contributed by atoms with Gasteiger partial charge in [0.05, 0.1) is 16.2 Å². The largest absolute Gasteiger partial charge is 0.272 e. The molecule has 0 radical (unpaired) electrons. The topological polar surface area (TPSA) is 145 Å². The quantitative estimate of drug-likeness (QED) is 0.442. The molecule has 11 nitrogen and oxygen atoms in total. The predicted molar refractivity (Wildman–Crippen MR) is 92.2 cm³/mol. The van der Waals surface area contributed by atoms with Crippen LogP contribution in [0.25, 0.3) is 0 Å². The lowest BCUT2D eigenvalue weighted by atomic mass is 10.1. The fourth-order valence-electron chi connectivity index (χ4n) is 1.79. The number of thioether (sulfide) groups is 1. The fraction of sp³-hybridized carbons (Fsp3) is 0.357. The number of tetrazole rings is 1. The third-order valence-electron chi connectivity index (χ3n) is 3.06. The van der Waals surface area contributed by atoms with E-state index in [2.05, 4.69) is 26.4 Å². The normalized spacial score (nSPS) is 11.0. The SMILES string of the molecule is CC(C)(C)n1nnnc1SCC(=O)NNC(=O)c1ccc([N+](=O)[O-])cc1. The molecule has 0 atom stereocenters. The molecule has 0 saturated heterocycles. The first-order valence-corrected chi connectivity index (χ1v) is 8.42. The number of hydrogen-bond donors (Lipinski definition) is 2. The summed E-state index contributed by atoms with van der Waals surface area (Å²) < 4.78 is 1.60. The summed E-state index contributed by atoms with van der Waals surface area (Å²) in [6.07, 6.45) is 0. The second-order valence-corrected chi connectivity index (χ2v) is 7.08. The summed E-state index contributed by atoms with van der Waals surface area (Å²) in [5.74, 6) is -1.04. The van der Waals surface area contributed by atoms with Gasteiger partial charge in [-0.05, 0) is 43.3 Å². The van der Waals surface area contributed by atoms with E-state index < -0.39 is 16.7 Å². The lowest BCUT2D eigenvalue weighted by Gasteiger charge is -2.19. The third-order valence-corrected chi connectivity index (χ3v) is 3.98. The minimum atomic E-state index is -0.585. The molecule has 2 rings (SSSR count). The van der Waals surface area contributed by atoms with Gasteiger partial charge < -0.3 is 0 Å². The smallest absolute Gasteiger partial charge is 0.269 e. The Balaban J connectivity index is 1.84. The number of rotatable bonds is 5. The summed E-state index contributed by atoms with van der Waals surface area (Å²) in [5.41, 5.74) is 4.24. The van der Waals surface area contributed by atoms with Crippen LogP contribution >= 0.6 is 11.8 Å². The van der Waals surface area contributed by atoms with Crippen molar-refractivity contribution in [3.8, 4) is 0 Å². The Morgan fingerprint density at radius 1 is 1.23 bits per heavy atom. The molecular weight excluding hydrogens is 362 g/mol. The highest BCUT2D eigenvalue weighted by molar-refractivity contribution is 7.99. The second kappa shape index (κ2) is 7.91. The van der Waals surface area contributed by atoms with Gasteiger partial charge in [-0.2, -0.15) is 0 Å². The highest BCUT2D eigenvalue weighted by atomic mass is 32.2. The van der Waals surface area contributed by atoms with Crippen LogP contribution in [0.15, 0.2) is 29.4 Å². The first kappa shape index (κ1) is 19.3. The van der Waals surface area contributed by atoms with E-state index >= 15 is 0 Å². The summed E-state index contributed by atoms with van der Waals surface area (Å²) in [6, 6.07) is 5.01. The number of nitrogens with zero attached hydrogens (tertiary/aromatic N) is 5. The molecule has 26 heavy (non-hydrogen) atoms. The highest BCUT2D eigenvalue weighted by Crippen LogP contribution is 2.20. The predicted octanol–water partition coefficient (Wildman–Crippen LogP) is 0.890. The number of nitro groups is 1. The minimum absolute atomic E-state index is 0.00298. The number of nitro benzene ring substituents is 1. The van der Waals surface area contributed by atoms with Crippen molar-refractivity contribution >= 4 is 29.3 Å². The lowest BCUT2D eigenvalue weighted by Crippen LogP contribution is -2.42. The van der Waals surface area contributed by atoms with Crippen LogP contribution < -0.4 is 10.9 Å². The van der Waals surface area contributed by atoms with E-state index in [1.165, 1.54) is 24.3 Å². The monoisotopic (exact) mass is 379 g/mol. The van der Waals surface area contributed by atoms with Gasteiger partial charge in [0.1, 0.15) is 0 Å². The maximum atomic E-state index is 11.9. The Morgan fingerprint density at radius 3 is 2.46 bits per heavy atom. The third kappa shape index (κ3) is 4.99. The molecule has 0 aliphatic heterocycles. The van der Waals surface area contributed by atoms with Crippen LogP contribution in [0.4, 0.5) is 5.69 Å². The first-order chi connectivity index (χ1) is 12.2. The van der Waals surface area contributed by atoms with Gasteiger partial charge >= 0.3 is 0 Å². The molecule has 0 bridgehead atoms. The van der Waals surface area contributed by atoms with Crippen LogP contribution in [-0.2, 0) is 10.3 Å². The number of nitrogens with one attached hydrogen (secondary N) is 2. The average Bonchev–Trinajstić information content (AvgIpc) is 3.07. The zero-order chi connectivity index (χ0) is 19.3. The number of aromatic nitrogens is 4. The van der Waals surface area contributed by atoms with Gasteiger partial charge in [-0.15, -0.1) is 5.10 Å². The Kier molecular flexibility index (Phi) is 5.87. The van der Waals surface area contributed by atoms with E-state index in [-0.39, 0.29) is 22.5 Å². The Morgan fingerprint density at radius 2 is 1.88 bits per heavy atom. The molecule has 0 fully saturated rings. The molecule has 2 aromatic rings. The highest BCUT2D eigenvalue weighted by Gasteiger charge is 2.20. The number of carbonyl (C=O) groups is 2. The minimum Gasteiger partial charge on any atom is -0.272 e. The molecule has 0 aliphatic rings.